The summed E-state index contributed by atoms with van der Waals surface area (Å²) in [6, 6.07) is 14.0. The number of nitrogens with two attached hydrogens (primary N) is 1. The van der Waals surface area contributed by atoms with E-state index in [-0.39, 0.29) is 10.9 Å². The summed E-state index contributed by atoms with van der Waals surface area (Å²) in [5.74, 6) is 0. The topological polar surface area (TPSA) is 81.5 Å². The number of non-ortho nitro benzene ring substituents is 1. The molecule has 0 amide bonds. The van der Waals surface area contributed by atoms with E-state index in [1.165, 1.54) is 30.0 Å². The Morgan fingerprint density at radius 3 is 2.65 bits per heavy atom. The quantitative estimate of drug-likeness (QED) is 0.660. The van der Waals surface area contributed by atoms with Crippen LogP contribution in [0.15, 0.2) is 59.6 Å². The van der Waals surface area contributed by atoms with Crippen LogP contribution >= 0.6 is 23.4 Å². The Labute approximate surface area is 142 Å². The van der Waals surface area contributed by atoms with Gasteiger partial charge in [-0.1, -0.05) is 53.7 Å². The van der Waals surface area contributed by atoms with Gasteiger partial charge in [-0.05, 0) is 23.3 Å². The van der Waals surface area contributed by atoms with Crippen molar-refractivity contribution < 1.29 is 4.92 Å². The minimum Gasteiger partial charge on any atom is -0.378 e. The molecular weight excluding hydrogens is 334 g/mol. The molecule has 116 valence electrons. The Morgan fingerprint density at radius 1 is 1.22 bits per heavy atom. The number of amidine groups is 1. The van der Waals surface area contributed by atoms with Gasteiger partial charge in [-0.25, -0.2) is 4.99 Å². The van der Waals surface area contributed by atoms with E-state index in [0.717, 1.165) is 11.3 Å². The zero-order valence-corrected chi connectivity index (χ0v) is 13.4. The third-order valence-corrected chi connectivity index (χ3v) is 4.68. The number of hydrogen-bond acceptors (Lipinski definition) is 5. The first-order valence-electron chi connectivity index (χ1n) is 6.76. The van der Waals surface area contributed by atoms with Gasteiger partial charge in [-0.3, -0.25) is 10.1 Å². The van der Waals surface area contributed by atoms with E-state index in [0.29, 0.717) is 15.8 Å². The van der Waals surface area contributed by atoms with Gasteiger partial charge in [0.25, 0.3) is 5.69 Å². The average Bonchev–Trinajstić information content (AvgIpc) is 2.55. The van der Waals surface area contributed by atoms with Crippen molar-refractivity contribution in [3.63, 3.8) is 0 Å². The van der Waals surface area contributed by atoms with Crippen molar-refractivity contribution in [3.8, 4) is 0 Å². The van der Waals surface area contributed by atoms with Gasteiger partial charge >= 0.3 is 0 Å². The Bertz CT molecular complexity index is 821. The van der Waals surface area contributed by atoms with Crippen LogP contribution in [0.3, 0.4) is 0 Å². The Kier molecular flexibility index (Phi) is 4.36. The van der Waals surface area contributed by atoms with Crippen LogP contribution < -0.4 is 5.73 Å². The molecule has 7 heteroatoms. The molecule has 0 bridgehead atoms. The molecule has 2 N–H and O–H groups in total. The first-order valence-corrected chi connectivity index (χ1v) is 8.02. The van der Waals surface area contributed by atoms with Gasteiger partial charge < -0.3 is 5.73 Å². The zero-order chi connectivity index (χ0) is 16.4. The molecule has 3 rings (SSSR count). The van der Waals surface area contributed by atoms with Crippen molar-refractivity contribution in [1.29, 1.82) is 0 Å². The molecule has 1 atom stereocenters. The van der Waals surface area contributed by atoms with Crippen LogP contribution in [0, 0.1) is 10.1 Å². The summed E-state index contributed by atoms with van der Waals surface area (Å²) < 4.78 is 0. The second-order valence-corrected chi connectivity index (χ2v) is 6.44. The number of nitrogens with zero attached hydrogens (tertiary/aromatic N) is 2. The van der Waals surface area contributed by atoms with E-state index >= 15 is 0 Å². The molecule has 1 aliphatic heterocycles. The highest BCUT2D eigenvalue weighted by Crippen LogP contribution is 2.41. The van der Waals surface area contributed by atoms with Crippen molar-refractivity contribution in [3.05, 3.63) is 80.9 Å². The normalized spacial score (nSPS) is 17.3. The molecule has 0 saturated heterocycles. The highest BCUT2D eigenvalue weighted by Gasteiger charge is 2.22. The van der Waals surface area contributed by atoms with Gasteiger partial charge in [0.15, 0.2) is 5.17 Å². The highest BCUT2D eigenvalue weighted by atomic mass is 35.5. The van der Waals surface area contributed by atoms with Crippen molar-refractivity contribution >= 4 is 39.9 Å². The van der Waals surface area contributed by atoms with Crippen molar-refractivity contribution in [1.82, 2.24) is 0 Å². The van der Waals surface area contributed by atoms with E-state index in [4.69, 9.17) is 17.3 Å². The van der Waals surface area contributed by atoms with E-state index in [2.05, 4.69) is 4.99 Å². The molecule has 1 unspecified atom stereocenters. The van der Waals surface area contributed by atoms with Gasteiger partial charge in [0, 0.05) is 17.2 Å². The van der Waals surface area contributed by atoms with Crippen LogP contribution in [0.2, 0.25) is 5.02 Å². The maximum Gasteiger partial charge on any atom is 0.269 e. The Hall–Kier alpha value is -2.31. The standard InChI is InChI=1S/C16H12ClN3O2S/c17-13-7-6-11(20(21)22)8-12(13)15-9-14(19-16(18)23-15)10-4-2-1-3-5-10/h1-9,15H,(H2,18,19). The molecule has 0 radical (unpaired) electrons. The molecule has 0 aromatic heterocycles. The lowest BCUT2D eigenvalue weighted by atomic mass is 10.1. The van der Waals surface area contributed by atoms with Gasteiger partial charge in [0.2, 0.25) is 0 Å². The minimum absolute atomic E-state index is 0.000690. The van der Waals surface area contributed by atoms with Gasteiger partial charge in [-0.2, -0.15) is 0 Å². The van der Waals surface area contributed by atoms with Crippen LogP contribution in [-0.4, -0.2) is 10.1 Å². The van der Waals surface area contributed by atoms with Gasteiger partial charge in [-0.15, -0.1) is 0 Å². The first kappa shape index (κ1) is 15.6. The molecular formula is C16H12ClN3O2S. The highest BCUT2D eigenvalue weighted by molar-refractivity contribution is 8.14. The fourth-order valence-corrected chi connectivity index (χ4v) is 3.51. The maximum absolute atomic E-state index is 11.0. The summed E-state index contributed by atoms with van der Waals surface area (Å²) in [5, 5.41) is 11.6. The molecule has 2 aromatic carbocycles. The van der Waals surface area contributed by atoms with Gasteiger partial charge in [0.1, 0.15) is 0 Å². The molecule has 0 aliphatic carbocycles. The molecule has 23 heavy (non-hydrogen) atoms. The van der Waals surface area contributed by atoms with Crippen LogP contribution in [0.5, 0.6) is 0 Å². The van der Waals surface area contributed by atoms with Crippen LogP contribution in [0.4, 0.5) is 5.69 Å². The van der Waals surface area contributed by atoms with Crippen LogP contribution in [0.1, 0.15) is 16.4 Å². The van der Waals surface area contributed by atoms with Crippen LogP contribution in [0.25, 0.3) is 5.70 Å². The van der Waals surface area contributed by atoms with E-state index < -0.39 is 4.92 Å². The van der Waals surface area contributed by atoms with Gasteiger partial charge in [0.05, 0.1) is 15.9 Å². The van der Waals surface area contributed by atoms with Crippen LogP contribution in [-0.2, 0) is 0 Å². The number of hydrogen-bond donors (Lipinski definition) is 1. The second kappa shape index (κ2) is 6.44. The lowest BCUT2D eigenvalue weighted by Crippen LogP contribution is -2.13. The second-order valence-electron chi connectivity index (χ2n) is 4.87. The predicted molar refractivity (Wildman–Crippen MR) is 94.5 cm³/mol. The molecule has 0 fully saturated rings. The molecule has 1 heterocycles. The van der Waals surface area contributed by atoms with Crippen molar-refractivity contribution in [2.24, 2.45) is 10.7 Å². The lowest BCUT2D eigenvalue weighted by Gasteiger charge is -2.19. The zero-order valence-electron chi connectivity index (χ0n) is 11.8. The molecule has 5 nitrogen and oxygen atoms in total. The summed E-state index contributed by atoms with van der Waals surface area (Å²) in [7, 11) is 0. The smallest absolute Gasteiger partial charge is 0.269 e. The fraction of sp³-hybridized carbons (Fsp3) is 0.0625. The number of halogens is 1. The summed E-state index contributed by atoms with van der Waals surface area (Å²) in [4.78, 5) is 14.9. The summed E-state index contributed by atoms with van der Waals surface area (Å²) in [5.41, 5.74) is 8.25. The van der Waals surface area contributed by atoms with E-state index in [1.54, 1.807) is 0 Å². The van der Waals surface area contributed by atoms with E-state index in [1.807, 2.05) is 36.4 Å². The number of thioether (sulfide) groups is 1. The number of aliphatic imine (C=N–C) groups is 1. The van der Waals surface area contributed by atoms with Crippen molar-refractivity contribution in [2.45, 2.75) is 5.25 Å². The molecule has 1 aliphatic rings. The third-order valence-electron chi connectivity index (χ3n) is 3.35. The maximum atomic E-state index is 11.0. The molecule has 0 saturated carbocycles. The Balaban J connectivity index is 2.04. The summed E-state index contributed by atoms with van der Waals surface area (Å²) in [6.07, 6.45) is 1.92. The first-order chi connectivity index (χ1) is 11.0. The summed E-state index contributed by atoms with van der Waals surface area (Å²) >= 11 is 7.55. The third kappa shape index (κ3) is 3.38. The largest absolute Gasteiger partial charge is 0.378 e. The number of nitro benzene ring substituents is 1. The lowest BCUT2D eigenvalue weighted by molar-refractivity contribution is -0.384. The number of nitro groups is 1. The predicted octanol–water partition coefficient (Wildman–Crippen LogP) is 4.39. The summed E-state index contributed by atoms with van der Waals surface area (Å²) in [6.45, 7) is 0. The fourth-order valence-electron chi connectivity index (χ4n) is 2.28. The monoisotopic (exact) mass is 345 g/mol. The van der Waals surface area contributed by atoms with E-state index in [9.17, 15) is 10.1 Å². The Morgan fingerprint density at radius 2 is 1.96 bits per heavy atom. The SMILES string of the molecule is NC1=NC(c2ccccc2)=CC(c2cc([N+](=O)[O-])ccc2Cl)S1. The molecule has 2 aromatic rings. The minimum atomic E-state index is -0.438. The number of rotatable bonds is 3. The average molecular weight is 346 g/mol. The molecule has 0 spiro atoms. The van der Waals surface area contributed by atoms with Crippen molar-refractivity contribution in [2.75, 3.05) is 0 Å². The number of benzene rings is 2.